The molecular weight excluding hydrogens is 134 g/mol. The lowest BCUT2D eigenvalue weighted by Crippen LogP contribution is -2.21. The first-order valence-electron chi connectivity index (χ1n) is 3.86. The first kappa shape index (κ1) is 10.0. The third-order valence-electron chi connectivity index (χ3n) is 1.62. The van der Waals surface area contributed by atoms with Crippen molar-refractivity contribution in [2.45, 2.75) is 13.8 Å². The maximum atomic E-state index is 3.70. The van der Waals surface area contributed by atoms with Gasteiger partial charge in [0.05, 0.1) is 0 Å². The van der Waals surface area contributed by atoms with Gasteiger partial charge in [0.1, 0.15) is 0 Å². The Bertz CT molecular complexity index is 146. The molecule has 0 radical (unpaired) electrons. The van der Waals surface area contributed by atoms with Gasteiger partial charge in [-0.2, -0.15) is 0 Å². The van der Waals surface area contributed by atoms with Crippen LogP contribution in [0.25, 0.3) is 0 Å². The van der Waals surface area contributed by atoms with Gasteiger partial charge in [-0.25, -0.2) is 0 Å². The van der Waals surface area contributed by atoms with Crippen LogP contribution in [0.15, 0.2) is 37.1 Å². The molecule has 0 bridgehead atoms. The van der Waals surface area contributed by atoms with Crippen molar-refractivity contribution in [1.29, 1.82) is 0 Å². The predicted octanol–water partition coefficient (Wildman–Crippen LogP) is 2.58. The minimum atomic E-state index is 0.891. The molecule has 11 heavy (non-hydrogen) atoms. The number of nitrogens with zero attached hydrogens (tertiary/aromatic N) is 1. The van der Waals surface area contributed by atoms with Crippen LogP contribution < -0.4 is 0 Å². The first-order valence-corrected chi connectivity index (χ1v) is 3.86. The molecule has 0 fully saturated rings. The average molecular weight is 151 g/mol. The zero-order valence-electron chi connectivity index (χ0n) is 7.51. The lowest BCUT2D eigenvalue weighted by Gasteiger charge is -2.21. The molecule has 1 nitrogen and oxygen atoms in total. The fraction of sp³-hybridized carbons (Fsp3) is 0.400. The normalized spacial score (nSPS) is 10.9. The Labute approximate surface area is 69.7 Å². The molecule has 0 aliphatic rings. The molecule has 0 heterocycles. The molecule has 0 aliphatic carbocycles. The highest BCUT2D eigenvalue weighted by atomic mass is 15.1. The van der Waals surface area contributed by atoms with E-state index in [-0.39, 0.29) is 0 Å². The molecule has 0 N–H and O–H groups in total. The SMILES string of the molecule is C=CCN(CC=C)/C(C)=C\C. The smallest absolute Gasteiger partial charge is 0.0357 e. The monoisotopic (exact) mass is 151 g/mol. The molecule has 0 saturated heterocycles. The van der Waals surface area contributed by atoms with E-state index in [1.165, 1.54) is 5.70 Å². The first-order chi connectivity index (χ1) is 5.26. The second-order valence-corrected chi connectivity index (χ2v) is 2.41. The summed E-state index contributed by atoms with van der Waals surface area (Å²) in [4.78, 5) is 2.21. The number of allylic oxidation sites excluding steroid dienone is 2. The van der Waals surface area contributed by atoms with Gasteiger partial charge in [-0.05, 0) is 13.8 Å². The summed E-state index contributed by atoms with van der Waals surface area (Å²) in [6.07, 6.45) is 5.89. The van der Waals surface area contributed by atoms with Crippen LogP contribution in [0.5, 0.6) is 0 Å². The van der Waals surface area contributed by atoms with Crippen LogP contribution in [0, 0.1) is 0 Å². The van der Waals surface area contributed by atoms with Gasteiger partial charge in [0.15, 0.2) is 0 Å². The quantitative estimate of drug-likeness (QED) is 0.546. The van der Waals surface area contributed by atoms with E-state index in [1.54, 1.807) is 0 Å². The average Bonchev–Trinajstić information content (AvgIpc) is 2.03. The second kappa shape index (κ2) is 5.78. The Balaban J connectivity index is 4.07. The lowest BCUT2D eigenvalue weighted by molar-refractivity contribution is 0.422. The molecule has 0 atom stereocenters. The molecule has 0 unspecified atom stereocenters. The van der Waals surface area contributed by atoms with Crippen molar-refractivity contribution in [3.63, 3.8) is 0 Å². The number of rotatable bonds is 5. The van der Waals surface area contributed by atoms with E-state index in [1.807, 2.05) is 19.1 Å². The Morgan fingerprint density at radius 2 is 1.73 bits per heavy atom. The van der Waals surface area contributed by atoms with Crippen molar-refractivity contribution in [3.8, 4) is 0 Å². The van der Waals surface area contributed by atoms with E-state index in [9.17, 15) is 0 Å². The summed E-state index contributed by atoms with van der Waals surface area (Å²) in [5.74, 6) is 0. The zero-order valence-corrected chi connectivity index (χ0v) is 7.51. The van der Waals surface area contributed by atoms with Crippen molar-refractivity contribution in [1.82, 2.24) is 4.90 Å². The summed E-state index contributed by atoms with van der Waals surface area (Å²) in [6.45, 7) is 13.3. The standard InChI is InChI=1S/C10H17N/c1-5-8-11(9-6-2)10(4)7-3/h5-7H,1-2,8-9H2,3-4H3/b10-7-. The molecule has 0 aromatic heterocycles. The van der Waals surface area contributed by atoms with Gasteiger partial charge >= 0.3 is 0 Å². The molecule has 0 aliphatic heterocycles. The van der Waals surface area contributed by atoms with Gasteiger partial charge < -0.3 is 4.90 Å². The maximum absolute atomic E-state index is 3.70. The molecule has 1 heteroatoms. The largest absolute Gasteiger partial charge is 0.368 e. The van der Waals surface area contributed by atoms with E-state index in [0.29, 0.717) is 0 Å². The van der Waals surface area contributed by atoms with E-state index >= 15 is 0 Å². The topological polar surface area (TPSA) is 3.24 Å². The molecule has 0 aromatic carbocycles. The minimum absolute atomic E-state index is 0.891. The fourth-order valence-corrected chi connectivity index (χ4v) is 0.857. The molecule has 62 valence electrons. The molecule has 0 amide bonds. The van der Waals surface area contributed by atoms with Crippen LogP contribution in [0.2, 0.25) is 0 Å². The van der Waals surface area contributed by atoms with Gasteiger partial charge in [-0.15, -0.1) is 13.2 Å². The van der Waals surface area contributed by atoms with Crippen molar-refractivity contribution in [3.05, 3.63) is 37.1 Å². The summed E-state index contributed by atoms with van der Waals surface area (Å²) in [6, 6.07) is 0. The van der Waals surface area contributed by atoms with Crippen molar-refractivity contribution >= 4 is 0 Å². The number of hydrogen-bond donors (Lipinski definition) is 0. The zero-order chi connectivity index (χ0) is 8.69. The van der Waals surface area contributed by atoms with Gasteiger partial charge in [-0.1, -0.05) is 18.2 Å². The highest BCUT2D eigenvalue weighted by Crippen LogP contribution is 2.02. The van der Waals surface area contributed by atoms with Crippen LogP contribution in [-0.4, -0.2) is 18.0 Å². The van der Waals surface area contributed by atoms with Gasteiger partial charge in [0.25, 0.3) is 0 Å². The van der Waals surface area contributed by atoms with Crippen molar-refractivity contribution < 1.29 is 0 Å². The summed E-state index contributed by atoms with van der Waals surface area (Å²) in [5, 5.41) is 0. The van der Waals surface area contributed by atoms with Crippen LogP contribution in [0.4, 0.5) is 0 Å². The Morgan fingerprint density at radius 1 is 1.27 bits per heavy atom. The summed E-state index contributed by atoms with van der Waals surface area (Å²) in [5.41, 5.74) is 1.27. The van der Waals surface area contributed by atoms with E-state index in [0.717, 1.165) is 13.1 Å². The van der Waals surface area contributed by atoms with Gasteiger partial charge in [0, 0.05) is 18.8 Å². The minimum Gasteiger partial charge on any atom is -0.368 e. The second-order valence-electron chi connectivity index (χ2n) is 2.41. The molecule has 0 spiro atoms. The van der Waals surface area contributed by atoms with Gasteiger partial charge in [0.2, 0.25) is 0 Å². The van der Waals surface area contributed by atoms with E-state index in [2.05, 4.69) is 31.1 Å². The number of hydrogen-bond acceptors (Lipinski definition) is 1. The Morgan fingerprint density at radius 3 is 2.00 bits per heavy atom. The maximum Gasteiger partial charge on any atom is 0.0357 e. The van der Waals surface area contributed by atoms with Crippen LogP contribution in [-0.2, 0) is 0 Å². The Kier molecular flexibility index (Phi) is 5.26. The van der Waals surface area contributed by atoms with Crippen molar-refractivity contribution in [2.75, 3.05) is 13.1 Å². The molecular formula is C10H17N. The summed E-state index contributed by atoms with van der Waals surface area (Å²) < 4.78 is 0. The highest BCUT2D eigenvalue weighted by molar-refractivity contribution is 4.99. The molecule has 0 aromatic rings. The van der Waals surface area contributed by atoms with E-state index < -0.39 is 0 Å². The molecule has 0 rings (SSSR count). The van der Waals surface area contributed by atoms with Crippen molar-refractivity contribution in [2.24, 2.45) is 0 Å². The molecule has 0 saturated carbocycles. The van der Waals surface area contributed by atoms with Crippen LogP contribution in [0.1, 0.15) is 13.8 Å². The van der Waals surface area contributed by atoms with Gasteiger partial charge in [-0.3, -0.25) is 0 Å². The lowest BCUT2D eigenvalue weighted by atomic mass is 10.3. The van der Waals surface area contributed by atoms with Crippen LogP contribution in [0.3, 0.4) is 0 Å². The predicted molar refractivity (Wildman–Crippen MR) is 51.4 cm³/mol. The summed E-state index contributed by atoms with van der Waals surface area (Å²) >= 11 is 0. The van der Waals surface area contributed by atoms with E-state index in [4.69, 9.17) is 0 Å². The summed E-state index contributed by atoms with van der Waals surface area (Å²) in [7, 11) is 0. The third kappa shape index (κ3) is 3.66. The fourth-order valence-electron chi connectivity index (χ4n) is 0.857. The highest BCUT2D eigenvalue weighted by Gasteiger charge is 1.97. The Hall–Kier alpha value is -0.980. The third-order valence-corrected chi connectivity index (χ3v) is 1.62. The van der Waals surface area contributed by atoms with Crippen LogP contribution >= 0.6 is 0 Å².